The van der Waals surface area contributed by atoms with Gasteiger partial charge in [-0.15, -0.1) is 13.2 Å². The number of alkyl halides is 1. The number of rotatable bonds is 13. The highest BCUT2D eigenvalue weighted by atomic mass is 79.9. The van der Waals surface area contributed by atoms with Crippen molar-refractivity contribution < 1.29 is 24.2 Å². The van der Waals surface area contributed by atoms with Crippen molar-refractivity contribution in [1.82, 2.24) is 9.80 Å². The highest BCUT2D eigenvalue weighted by Crippen LogP contribution is 2.60. The SMILES string of the molecule is C=CCN(Cc1ccccc1)C(=O)[C@H]1[C@H]2C(=O)N(CCCCO)C(C(=O)N(CC=C)c3ccc4ccccc4c3)C23CC(Br)[C@@H]1O3. The summed E-state index contributed by atoms with van der Waals surface area (Å²) in [7, 11) is 0. The van der Waals surface area contributed by atoms with Crippen LogP contribution in [0.1, 0.15) is 24.8 Å². The molecule has 3 unspecified atom stereocenters. The molecule has 1 N–H and O–H groups in total. The molecule has 0 aromatic heterocycles. The van der Waals surface area contributed by atoms with Gasteiger partial charge in [0, 0.05) is 43.3 Å². The van der Waals surface area contributed by atoms with E-state index < -0.39 is 29.6 Å². The number of likely N-dealkylation sites (tertiary alicyclic amines) is 1. The third kappa shape index (κ3) is 5.58. The molecule has 1 spiro atoms. The summed E-state index contributed by atoms with van der Waals surface area (Å²) in [6.07, 6.45) is 4.23. The number of hydrogen-bond acceptors (Lipinski definition) is 5. The van der Waals surface area contributed by atoms with Crippen LogP contribution in [0.5, 0.6) is 0 Å². The monoisotopic (exact) mass is 685 g/mol. The largest absolute Gasteiger partial charge is 0.396 e. The number of hydrogen-bond donors (Lipinski definition) is 1. The van der Waals surface area contributed by atoms with Gasteiger partial charge < -0.3 is 24.5 Å². The van der Waals surface area contributed by atoms with E-state index in [1.54, 1.807) is 26.9 Å². The third-order valence-electron chi connectivity index (χ3n) is 9.62. The van der Waals surface area contributed by atoms with E-state index >= 15 is 0 Å². The van der Waals surface area contributed by atoms with Crippen LogP contribution < -0.4 is 4.90 Å². The Balaban J connectivity index is 1.39. The zero-order valence-corrected chi connectivity index (χ0v) is 27.4. The van der Waals surface area contributed by atoms with Crippen LogP contribution in [-0.2, 0) is 25.7 Å². The molecular weight excluding hydrogens is 646 g/mol. The Morgan fingerprint density at radius 1 is 0.978 bits per heavy atom. The van der Waals surface area contributed by atoms with Crippen molar-refractivity contribution >= 4 is 50.1 Å². The average Bonchev–Trinajstić information content (AvgIpc) is 3.66. The minimum atomic E-state index is -1.19. The Kier molecular flexibility index (Phi) is 9.45. The predicted octanol–water partition coefficient (Wildman–Crippen LogP) is 5.09. The van der Waals surface area contributed by atoms with Crippen LogP contribution in [0.2, 0.25) is 0 Å². The first-order valence-electron chi connectivity index (χ1n) is 15.9. The van der Waals surface area contributed by atoms with Gasteiger partial charge in [0.15, 0.2) is 0 Å². The van der Waals surface area contributed by atoms with Gasteiger partial charge in [0.25, 0.3) is 5.91 Å². The number of fused-ring (bicyclic) bond motifs is 2. The number of halogens is 1. The molecule has 46 heavy (non-hydrogen) atoms. The minimum Gasteiger partial charge on any atom is -0.396 e. The number of carbonyl (C=O) groups is 3. The van der Waals surface area contributed by atoms with Gasteiger partial charge in [0.05, 0.1) is 17.9 Å². The molecule has 3 aliphatic heterocycles. The molecule has 3 aliphatic rings. The fourth-order valence-electron chi connectivity index (χ4n) is 7.67. The number of benzene rings is 3. The number of aliphatic hydroxyl groups excluding tert-OH is 1. The molecule has 240 valence electrons. The Morgan fingerprint density at radius 2 is 1.70 bits per heavy atom. The van der Waals surface area contributed by atoms with Gasteiger partial charge in [-0.05, 0) is 47.7 Å². The lowest BCUT2D eigenvalue weighted by Gasteiger charge is -2.37. The van der Waals surface area contributed by atoms with E-state index in [4.69, 9.17) is 4.74 Å². The van der Waals surface area contributed by atoms with Crippen molar-refractivity contribution in [3.63, 3.8) is 0 Å². The first-order chi connectivity index (χ1) is 22.3. The maximum absolute atomic E-state index is 14.9. The molecule has 3 saturated heterocycles. The molecule has 8 nitrogen and oxygen atoms in total. The Morgan fingerprint density at radius 3 is 2.41 bits per heavy atom. The van der Waals surface area contributed by atoms with Crippen LogP contribution in [0.15, 0.2) is 98.1 Å². The van der Waals surface area contributed by atoms with E-state index in [-0.39, 0.29) is 42.2 Å². The van der Waals surface area contributed by atoms with E-state index in [0.717, 1.165) is 16.3 Å². The van der Waals surface area contributed by atoms with Crippen molar-refractivity contribution in [2.45, 2.75) is 48.4 Å². The molecular formula is C37H40BrN3O5. The quantitative estimate of drug-likeness (QED) is 0.154. The Labute approximate surface area is 278 Å². The van der Waals surface area contributed by atoms with Gasteiger partial charge in [0.2, 0.25) is 11.8 Å². The molecule has 9 heteroatoms. The number of unbranched alkanes of at least 4 members (excludes halogenated alkanes) is 1. The molecule has 6 rings (SSSR count). The molecule has 3 aromatic carbocycles. The van der Waals surface area contributed by atoms with E-state index in [2.05, 4.69) is 29.1 Å². The van der Waals surface area contributed by atoms with Crippen molar-refractivity contribution in [2.24, 2.45) is 11.8 Å². The molecule has 2 bridgehead atoms. The summed E-state index contributed by atoms with van der Waals surface area (Å²) in [5.41, 5.74) is 0.482. The predicted molar refractivity (Wildman–Crippen MR) is 182 cm³/mol. The minimum absolute atomic E-state index is 0.0198. The molecule has 3 aromatic rings. The van der Waals surface area contributed by atoms with Gasteiger partial charge in [-0.2, -0.15) is 0 Å². The topological polar surface area (TPSA) is 90.4 Å². The molecule has 6 atom stereocenters. The molecule has 0 aliphatic carbocycles. The molecule has 3 heterocycles. The van der Waals surface area contributed by atoms with Gasteiger partial charge in [-0.3, -0.25) is 14.4 Å². The van der Waals surface area contributed by atoms with Crippen LogP contribution in [-0.4, -0.2) is 81.4 Å². The number of anilines is 1. The molecule has 3 fully saturated rings. The van der Waals surface area contributed by atoms with E-state index in [0.29, 0.717) is 38.0 Å². The van der Waals surface area contributed by atoms with Crippen LogP contribution in [0.4, 0.5) is 5.69 Å². The maximum atomic E-state index is 14.9. The summed E-state index contributed by atoms with van der Waals surface area (Å²) < 4.78 is 6.78. The molecule has 0 saturated carbocycles. The van der Waals surface area contributed by atoms with E-state index in [1.165, 1.54) is 0 Å². The van der Waals surface area contributed by atoms with Crippen molar-refractivity contribution in [2.75, 3.05) is 31.1 Å². The van der Waals surface area contributed by atoms with Crippen LogP contribution in [0.3, 0.4) is 0 Å². The van der Waals surface area contributed by atoms with Crippen LogP contribution in [0, 0.1) is 11.8 Å². The second-order valence-electron chi connectivity index (χ2n) is 12.4. The summed E-state index contributed by atoms with van der Waals surface area (Å²) in [6, 6.07) is 22.6. The summed E-state index contributed by atoms with van der Waals surface area (Å²) in [5, 5.41) is 11.6. The average molecular weight is 687 g/mol. The molecule has 0 radical (unpaired) electrons. The van der Waals surface area contributed by atoms with Crippen LogP contribution in [0.25, 0.3) is 10.8 Å². The first-order valence-corrected chi connectivity index (χ1v) is 16.8. The third-order valence-corrected chi connectivity index (χ3v) is 10.5. The van der Waals surface area contributed by atoms with Crippen molar-refractivity contribution in [3.8, 4) is 0 Å². The highest BCUT2D eigenvalue weighted by molar-refractivity contribution is 9.09. The fraction of sp³-hybridized carbons (Fsp3) is 0.378. The lowest BCUT2D eigenvalue weighted by molar-refractivity contribution is -0.145. The van der Waals surface area contributed by atoms with Crippen LogP contribution >= 0.6 is 15.9 Å². The van der Waals surface area contributed by atoms with Gasteiger partial charge in [-0.1, -0.05) is 88.7 Å². The Hall–Kier alpha value is -3.79. The van der Waals surface area contributed by atoms with Gasteiger partial charge >= 0.3 is 0 Å². The zero-order valence-electron chi connectivity index (χ0n) is 25.8. The summed E-state index contributed by atoms with van der Waals surface area (Å²) >= 11 is 3.79. The number of carbonyl (C=O) groups excluding carboxylic acids is 3. The van der Waals surface area contributed by atoms with E-state index in [1.807, 2.05) is 72.8 Å². The smallest absolute Gasteiger partial charge is 0.253 e. The number of amides is 3. The number of nitrogens with zero attached hydrogens (tertiary/aromatic N) is 3. The lowest BCUT2D eigenvalue weighted by atomic mass is 9.70. The number of ether oxygens (including phenoxy) is 1. The maximum Gasteiger partial charge on any atom is 0.253 e. The normalized spacial score (nSPS) is 26.3. The van der Waals surface area contributed by atoms with Crippen molar-refractivity contribution in [3.05, 3.63) is 104 Å². The zero-order chi connectivity index (χ0) is 32.4. The summed E-state index contributed by atoms with van der Waals surface area (Å²) in [6.45, 7) is 8.98. The standard InChI is InChI=1S/C37H40BrN3O5/c1-3-18-39(24-25-12-6-5-7-13-25)34(43)30-31-35(44)41(20-10-11-21-42)33(37(31)23-29(38)32(30)46-37)36(45)40(19-4-2)28-17-16-26-14-8-9-15-27(26)22-28/h3-9,12-17,22,29-33,42H,1-2,10-11,18-21,23-24H2/t29?,30-,31-,32-,33?,37?/m0/s1. The highest BCUT2D eigenvalue weighted by Gasteiger charge is 2.76. The Bertz CT molecular complexity index is 1630. The second-order valence-corrected chi connectivity index (χ2v) is 13.6. The lowest BCUT2D eigenvalue weighted by Crippen LogP contribution is -2.57. The van der Waals surface area contributed by atoms with Gasteiger partial charge in [0.1, 0.15) is 11.6 Å². The van der Waals surface area contributed by atoms with Gasteiger partial charge in [-0.25, -0.2) is 0 Å². The summed E-state index contributed by atoms with van der Waals surface area (Å²) in [4.78, 5) is 48.6. The fourth-order valence-corrected chi connectivity index (χ4v) is 8.62. The first kappa shape index (κ1) is 32.2. The molecule has 3 amide bonds. The second kappa shape index (κ2) is 13.5. The summed E-state index contributed by atoms with van der Waals surface area (Å²) in [5.74, 6) is -2.27. The van der Waals surface area contributed by atoms with Crippen molar-refractivity contribution in [1.29, 1.82) is 0 Å². The van der Waals surface area contributed by atoms with E-state index in [9.17, 15) is 19.5 Å². The number of aliphatic hydroxyl groups is 1.